The summed E-state index contributed by atoms with van der Waals surface area (Å²) in [6, 6.07) is 3.15. The number of carbonyl (C=O) groups excluding carboxylic acids is 1. The smallest absolute Gasteiger partial charge is 0.449 e. The second kappa shape index (κ2) is 8.69. The fourth-order valence-corrected chi connectivity index (χ4v) is 4.15. The summed E-state index contributed by atoms with van der Waals surface area (Å²) in [4.78, 5) is 41.1. The largest absolute Gasteiger partial charge is 0.511 e. The van der Waals surface area contributed by atoms with Crippen molar-refractivity contribution >= 4 is 23.5 Å². The van der Waals surface area contributed by atoms with Crippen molar-refractivity contribution in [3.05, 3.63) is 58.3 Å². The lowest BCUT2D eigenvalue weighted by atomic mass is 10.1. The third kappa shape index (κ3) is 4.26. The Bertz CT molecular complexity index is 1380. The van der Waals surface area contributed by atoms with Crippen molar-refractivity contribution in [1.82, 2.24) is 14.7 Å². The highest BCUT2D eigenvalue weighted by molar-refractivity contribution is 5.80. The van der Waals surface area contributed by atoms with Crippen molar-refractivity contribution in [2.24, 2.45) is 0 Å². The maximum atomic E-state index is 15.1. The van der Waals surface area contributed by atoms with Gasteiger partial charge in [0.15, 0.2) is 11.6 Å². The molecule has 0 radical (unpaired) electrons. The number of pyridine rings is 1. The van der Waals surface area contributed by atoms with E-state index in [1.807, 2.05) is 6.92 Å². The summed E-state index contributed by atoms with van der Waals surface area (Å²) < 4.78 is 48.5. The normalized spacial score (nSPS) is 17.7. The highest BCUT2D eigenvalue weighted by Crippen LogP contribution is 2.32. The Morgan fingerprint density at radius 1 is 1.18 bits per heavy atom. The summed E-state index contributed by atoms with van der Waals surface area (Å²) in [5.41, 5.74) is -1.54. The quantitative estimate of drug-likeness (QED) is 0.557. The van der Waals surface area contributed by atoms with Crippen LogP contribution in [0.2, 0.25) is 0 Å². The highest BCUT2D eigenvalue weighted by Gasteiger charge is 2.33. The van der Waals surface area contributed by atoms with E-state index in [4.69, 9.17) is 5.11 Å². The molecule has 3 aromatic rings. The van der Waals surface area contributed by atoms with E-state index in [0.717, 1.165) is 24.4 Å². The molecule has 2 aromatic heterocycles. The van der Waals surface area contributed by atoms with Crippen LogP contribution in [-0.2, 0) is 4.79 Å². The van der Waals surface area contributed by atoms with Gasteiger partial charge >= 0.3 is 6.16 Å². The molecule has 0 aliphatic carbocycles. The summed E-state index contributed by atoms with van der Waals surface area (Å²) >= 11 is 0. The van der Waals surface area contributed by atoms with Crippen LogP contribution in [0.15, 0.2) is 35.3 Å². The van der Waals surface area contributed by atoms with Crippen LogP contribution in [0, 0.1) is 17.5 Å². The van der Waals surface area contributed by atoms with Gasteiger partial charge in [-0.15, -0.1) is 0 Å². The molecule has 178 valence electrons. The van der Waals surface area contributed by atoms with Gasteiger partial charge < -0.3 is 20.1 Å². The van der Waals surface area contributed by atoms with Crippen LogP contribution < -0.4 is 20.5 Å². The first-order chi connectivity index (χ1) is 16.0. The molecule has 3 heterocycles. The summed E-state index contributed by atoms with van der Waals surface area (Å²) in [6.45, 7) is 3.42. The van der Waals surface area contributed by atoms with Crippen molar-refractivity contribution in [2.45, 2.75) is 32.4 Å². The van der Waals surface area contributed by atoms with E-state index in [2.05, 4.69) is 15.0 Å². The molecule has 9 nitrogen and oxygen atoms in total. The first-order valence-electron chi connectivity index (χ1n) is 10.2. The van der Waals surface area contributed by atoms with Gasteiger partial charge in [-0.1, -0.05) is 0 Å². The SMILES string of the molecule is CC(=O)N[C@H]1C[C@H](C)N(c2nc3c(-c4ccc(F)cc4F)cc(OC(=O)O)c(=O)n3cc2F)C1. The maximum Gasteiger partial charge on any atom is 0.511 e. The number of ether oxygens (including phenoxy) is 1. The molecule has 1 amide bonds. The summed E-state index contributed by atoms with van der Waals surface area (Å²) in [6.07, 6.45) is -0.482. The minimum absolute atomic E-state index is 0.111. The van der Waals surface area contributed by atoms with Crippen LogP contribution in [0.25, 0.3) is 16.8 Å². The molecule has 2 atom stereocenters. The van der Waals surface area contributed by atoms with E-state index < -0.39 is 34.9 Å². The van der Waals surface area contributed by atoms with Crippen LogP contribution in [0.5, 0.6) is 5.75 Å². The number of fused-ring (bicyclic) bond motifs is 1. The Hall–Kier alpha value is -4.09. The van der Waals surface area contributed by atoms with E-state index >= 15 is 4.39 Å². The second-order valence-corrected chi connectivity index (χ2v) is 7.96. The molecular formula is C22H19F3N4O5. The highest BCUT2D eigenvalue weighted by atomic mass is 19.1. The zero-order valence-corrected chi connectivity index (χ0v) is 18.0. The van der Waals surface area contributed by atoms with Crippen LogP contribution >= 0.6 is 0 Å². The van der Waals surface area contributed by atoms with Crippen molar-refractivity contribution < 1.29 is 32.6 Å². The average Bonchev–Trinajstić information content (AvgIpc) is 3.09. The fraction of sp³-hybridized carbons (Fsp3) is 0.273. The zero-order valence-electron chi connectivity index (χ0n) is 18.0. The number of amides is 1. The van der Waals surface area contributed by atoms with Gasteiger partial charge in [0.25, 0.3) is 5.56 Å². The molecule has 1 aliphatic rings. The number of carbonyl (C=O) groups is 2. The minimum Gasteiger partial charge on any atom is -0.449 e. The fourth-order valence-electron chi connectivity index (χ4n) is 4.15. The summed E-state index contributed by atoms with van der Waals surface area (Å²) in [5.74, 6) is -3.85. The van der Waals surface area contributed by atoms with Crippen molar-refractivity contribution in [2.75, 3.05) is 11.4 Å². The third-order valence-electron chi connectivity index (χ3n) is 5.51. The molecule has 0 spiro atoms. The van der Waals surface area contributed by atoms with Gasteiger partial charge in [-0.2, -0.15) is 0 Å². The van der Waals surface area contributed by atoms with Gasteiger partial charge in [-0.25, -0.2) is 22.9 Å². The predicted molar refractivity (Wildman–Crippen MR) is 114 cm³/mol. The molecule has 1 aromatic carbocycles. The molecular weight excluding hydrogens is 457 g/mol. The Morgan fingerprint density at radius 3 is 2.56 bits per heavy atom. The van der Waals surface area contributed by atoms with Gasteiger partial charge in [0.1, 0.15) is 17.3 Å². The van der Waals surface area contributed by atoms with E-state index in [0.29, 0.717) is 16.9 Å². The van der Waals surface area contributed by atoms with Crippen LogP contribution in [0.1, 0.15) is 20.3 Å². The molecule has 34 heavy (non-hydrogen) atoms. The number of halogens is 3. The summed E-state index contributed by atoms with van der Waals surface area (Å²) in [7, 11) is 0. The number of benzene rings is 1. The van der Waals surface area contributed by atoms with E-state index in [1.165, 1.54) is 6.92 Å². The molecule has 4 rings (SSSR count). The Morgan fingerprint density at radius 2 is 1.91 bits per heavy atom. The number of hydrogen-bond donors (Lipinski definition) is 2. The van der Waals surface area contributed by atoms with E-state index in [-0.39, 0.29) is 47.1 Å². The van der Waals surface area contributed by atoms with Gasteiger partial charge in [0, 0.05) is 42.7 Å². The number of rotatable bonds is 4. The lowest BCUT2D eigenvalue weighted by molar-refractivity contribution is -0.119. The molecule has 12 heteroatoms. The third-order valence-corrected chi connectivity index (χ3v) is 5.51. The number of carboxylic acid groups (broad SMARTS) is 1. The molecule has 1 aliphatic heterocycles. The van der Waals surface area contributed by atoms with E-state index in [9.17, 15) is 23.2 Å². The Labute approximate surface area is 190 Å². The van der Waals surface area contributed by atoms with Crippen LogP contribution in [0.4, 0.5) is 23.8 Å². The van der Waals surface area contributed by atoms with Gasteiger partial charge in [-0.3, -0.25) is 14.0 Å². The van der Waals surface area contributed by atoms with Gasteiger partial charge in [0.05, 0.1) is 6.20 Å². The Balaban J connectivity index is 1.94. The number of aromatic nitrogens is 2. The standard InChI is InChI=1S/C22H19F3N4O5/c1-10-5-13(26-11(2)30)8-28(10)20-17(25)9-29-19(27-20)15(7-18(21(29)31)34-22(32)33)14-4-3-12(23)6-16(14)24/h3-4,6-7,9-10,13H,5,8H2,1-2H3,(H,26,30)(H,32,33)/t10-,13-/m0/s1. The molecule has 1 fully saturated rings. The van der Waals surface area contributed by atoms with Crippen LogP contribution in [0.3, 0.4) is 0 Å². The zero-order chi connectivity index (χ0) is 24.7. The second-order valence-electron chi connectivity index (χ2n) is 7.96. The van der Waals surface area contributed by atoms with Gasteiger partial charge in [0.2, 0.25) is 11.7 Å². The van der Waals surface area contributed by atoms with Gasteiger partial charge in [-0.05, 0) is 31.5 Å². The molecule has 1 saturated heterocycles. The number of nitrogens with zero attached hydrogens (tertiary/aromatic N) is 3. The minimum atomic E-state index is -1.80. The first-order valence-corrected chi connectivity index (χ1v) is 10.2. The lowest BCUT2D eigenvalue weighted by Crippen LogP contribution is -2.36. The number of hydrogen-bond acceptors (Lipinski definition) is 6. The molecule has 2 N–H and O–H groups in total. The monoisotopic (exact) mass is 476 g/mol. The van der Waals surface area contributed by atoms with Crippen molar-refractivity contribution in [3.63, 3.8) is 0 Å². The average molecular weight is 476 g/mol. The predicted octanol–water partition coefficient (Wildman–Crippen LogP) is 2.94. The van der Waals surface area contributed by atoms with Crippen LogP contribution in [-0.4, -0.2) is 45.2 Å². The van der Waals surface area contributed by atoms with Crippen molar-refractivity contribution in [3.8, 4) is 16.9 Å². The topological polar surface area (TPSA) is 113 Å². The number of nitrogens with one attached hydrogen (secondary N) is 1. The van der Waals surface area contributed by atoms with E-state index in [1.54, 1.807) is 4.90 Å². The lowest BCUT2D eigenvalue weighted by Gasteiger charge is -2.24. The Kier molecular flexibility index (Phi) is 5.90. The molecule has 0 bridgehead atoms. The molecule has 0 saturated carbocycles. The molecule has 0 unspecified atom stereocenters. The summed E-state index contributed by atoms with van der Waals surface area (Å²) in [5, 5.41) is 11.7. The first kappa shape index (κ1) is 23.1. The van der Waals surface area contributed by atoms with Crippen molar-refractivity contribution in [1.29, 1.82) is 0 Å². The number of anilines is 1. The maximum absolute atomic E-state index is 15.1.